The zero-order valence-electron chi connectivity index (χ0n) is 13.5. The topological polar surface area (TPSA) is 79.6 Å². The summed E-state index contributed by atoms with van der Waals surface area (Å²) in [5.41, 5.74) is 0.948. The SMILES string of the molecule is CN(C)S(=O)(=O)c1cccc(NC(=O)c2cc3cccc(Br)c3o2)c1. The van der Waals surface area contributed by atoms with Gasteiger partial charge < -0.3 is 9.73 Å². The molecule has 130 valence electrons. The Morgan fingerprint density at radius 2 is 1.84 bits per heavy atom. The lowest BCUT2D eigenvalue weighted by Crippen LogP contribution is -2.22. The Morgan fingerprint density at radius 3 is 2.52 bits per heavy atom. The van der Waals surface area contributed by atoms with Crippen LogP contribution in [0.1, 0.15) is 10.6 Å². The van der Waals surface area contributed by atoms with Gasteiger partial charge in [0, 0.05) is 25.2 Å². The molecule has 0 fully saturated rings. The fourth-order valence-electron chi connectivity index (χ4n) is 2.28. The van der Waals surface area contributed by atoms with Crippen LogP contribution in [0.2, 0.25) is 0 Å². The molecule has 1 heterocycles. The van der Waals surface area contributed by atoms with E-state index in [9.17, 15) is 13.2 Å². The van der Waals surface area contributed by atoms with Crippen molar-refractivity contribution in [1.29, 1.82) is 0 Å². The molecule has 0 aliphatic rings. The third-order valence-electron chi connectivity index (χ3n) is 3.59. The molecule has 0 atom stereocenters. The fourth-order valence-corrected chi connectivity index (χ4v) is 3.69. The summed E-state index contributed by atoms with van der Waals surface area (Å²) >= 11 is 3.37. The van der Waals surface area contributed by atoms with E-state index in [1.54, 1.807) is 18.2 Å². The zero-order valence-corrected chi connectivity index (χ0v) is 15.9. The van der Waals surface area contributed by atoms with Gasteiger partial charge in [0.1, 0.15) is 5.58 Å². The van der Waals surface area contributed by atoms with Crippen molar-refractivity contribution in [3.63, 3.8) is 0 Å². The van der Waals surface area contributed by atoms with E-state index < -0.39 is 15.9 Å². The van der Waals surface area contributed by atoms with E-state index in [0.717, 1.165) is 14.2 Å². The van der Waals surface area contributed by atoms with Crippen molar-refractivity contribution in [3.05, 3.63) is 58.8 Å². The number of halogens is 1. The number of hydrogen-bond donors (Lipinski definition) is 1. The average Bonchev–Trinajstić information content (AvgIpc) is 3.01. The van der Waals surface area contributed by atoms with Gasteiger partial charge in [-0.15, -0.1) is 0 Å². The average molecular weight is 423 g/mol. The van der Waals surface area contributed by atoms with Gasteiger partial charge in [-0.1, -0.05) is 18.2 Å². The number of sulfonamides is 1. The molecular weight excluding hydrogens is 408 g/mol. The lowest BCUT2D eigenvalue weighted by Gasteiger charge is -2.12. The largest absolute Gasteiger partial charge is 0.450 e. The van der Waals surface area contributed by atoms with Crippen LogP contribution < -0.4 is 5.32 Å². The van der Waals surface area contributed by atoms with Crippen molar-refractivity contribution in [2.75, 3.05) is 19.4 Å². The summed E-state index contributed by atoms with van der Waals surface area (Å²) in [5, 5.41) is 3.45. The number of carbonyl (C=O) groups excluding carboxylic acids is 1. The Kier molecular flexibility index (Phi) is 4.68. The first-order chi connectivity index (χ1) is 11.8. The van der Waals surface area contributed by atoms with Gasteiger partial charge in [0.2, 0.25) is 10.0 Å². The maximum Gasteiger partial charge on any atom is 0.291 e. The second-order valence-corrected chi connectivity index (χ2v) is 8.54. The molecule has 3 aromatic rings. The van der Waals surface area contributed by atoms with E-state index in [4.69, 9.17) is 4.42 Å². The number of hydrogen-bond acceptors (Lipinski definition) is 4. The first-order valence-corrected chi connectivity index (χ1v) is 9.54. The number of amides is 1. The molecule has 0 bridgehead atoms. The van der Waals surface area contributed by atoms with Crippen LogP contribution in [0.4, 0.5) is 5.69 Å². The molecule has 6 nitrogen and oxygen atoms in total. The molecule has 8 heteroatoms. The molecule has 0 radical (unpaired) electrons. The van der Waals surface area contributed by atoms with Gasteiger partial charge in [-0.25, -0.2) is 12.7 Å². The molecule has 0 aliphatic carbocycles. The minimum absolute atomic E-state index is 0.0997. The second-order valence-electron chi connectivity index (χ2n) is 5.54. The summed E-state index contributed by atoms with van der Waals surface area (Å²) in [4.78, 5) is 12.5. The molecule has 2 aromatic carbocycles. The fraction of sp³-hybridized carbons (Fsp3) is 0.118. The molecule has 0 saturated heterocycles. The van der Waals surface area contributed by atoms with Gasteiger partial charge in [-0.2, -0.15) is 0 Å². The summed E-state index contributed by atoms with van der Waals surface area (Å²) in [6.45, 7) is 0. The number of furan rings is 1. The Morgan fingerprint density at radius 1 is 1.12 bits per heavy atom. The predicted molar refractivity (Wildman–Crippen MR) is 99.2 cm³/mol. The molecule has 0 spiro atoms. The van der Waals surface area contributed by atoms with Crippen LogP contribution in [0.5, 0.6) is 0 Å². The number of nitrogens with zero attached hydrogens (tertiary/aromatic N) is 1. The quantitative estimate of drug-likeness (QED) is 0.694. The standard InChI is InChI=1S/C17H15BrN2O4S/c1-20(2)25(22,23)13-7-4-6-12(10-13)19-17(21)15-9-11-5-3-8-14(18)16(11)24-15/h3-10H,1-2H3,(H,19,21). The second kappa shape index (κ2) is 6.62. The van der Waals surface area contributed by atoms with Crippen LogP contribution in [-0.2, 0) is 10.0 Å². The summed E-state index contributed by atoms with van der Waals surface area (Å²) < 4.78 is 31.8. The van der Waals surface area contributed by atoms with Crippen LogP contribution in [0.15, 0.2) is 62.3 Å². The van der Waals surface area contributed by atoms with E-state index in [2.05, 4.69) is 21.2 Å². The predicted octanol–water partition coefficient (Wildman–Crippen LogP) is 3.70. The Hall–Kier alpha value is -2.16. The number of carbonyl (C=O) groups is 1. The summed E-state index contributed by atoms with van der Waals surface area (Å²) in [5.74, 6) is -0.315. The third kappa shape index (κ3) is 3.46. The summed E-state index contributed by atoms with van der Waals surface area (Å²) in [7, 11) is -0.671. The van der Waals surface area contributed by atoms with Gasteiger partial charge in [0.05, 0.1) is 9.37 Å². The highest BCUT2D eigenvalue weighted by atomic mass is 79.9. The molecule has 1 amide bonds. The van der Waals surface area contributed by atoms with E-state index in [-0.39, 0.29) is 10.7 Å². The van der Waals surface area contributed by atoms with Gasteiger partial charge in [-0.05, 0) is 46.3 Å². The monoisotopic (exact) mass is 422 g/mol. The highest BCUT2D eigenvalue weighted by Gasteiger charge is 2.19. The molecule has 1 aromatic heterocycles. The smallest absolute Gasteiger partial charge is 0.291 e. The van der Waals surface area contributed by atoms with Gasteiger partial charge in [0.15, 0.2) is 5.76 Å². The van der Waals surface area contributed by atoms with Gasteiger partial charge in [-0.3, -0.25) is 4.79 Å². The highest BCUT2D eigenvalue weighted by Crippen LogP contribution is 2.27. The normalized spacial score (nSPS) is 11.8. The molecule has 1 N–H and O–H groups in total. The Bertz CT molecular complexity index is 1060. The Labute approximate surface area is 153 Å². The summed E-state index contributed by atoms with van der Waals surface area (Å²) in [6.07, 6.45) is 0. The lowest BCUT2D eigenvalue weighted by molar-refractivity contribution is 0.0998. The van der Waals surface area contributed by atoms with Crippen LogP contribution in [0.25, 0.3) is 11.0 Å². The first kappa shape index (κ1) is 17.7. The molecule has 25 heavy (non-hydrogen) atoms. The molecular formula is C17H15BrN2O4S. The molecule has 0 saturated carbocycles. The number of nitrogens with one attached hydrogen (secondary N) is 1. The number of benzene rings is 2. The van der Waals surface area contributed by atoms with E-state index in [1.165, 1.54) is 26.2 Å². The Balaban J connectivity index is 1.89. The molecule has 3 rings (SSSR count). The lowest BCUT2D eigenvalue weighted by atomic mass is 10.2. The van der Waals surface area contributed by atoms with Gasteiger partial charge in [0.25, 0.3) is 5.91 Å². The van der Waals surface area contributed by atoms with Crippen LogP contribution >= 0.6 is 15.9 Å². The van der Waals surface area contributed by atoms with Crippen molar-refractivity contribution in [3.8, 4) is 0 Å². The van der Waals surface area contributed by atoms with Crippen molar-refractivity contribution in [1.82, 2.24) is 4.31 Å². The number of fused-ring (bicyclic) bond motifs is 1. The maximum atomic E-state index is 12.4. The number of para-hydroxylation sites is 1. The molecule has 0 unspecified atom stereocenters. The first-order valence-electron chi connectivity index (χ1n) is 7.31. The van der Waals surface area contributed by atoms with E-state index in [1.807, 2.05) is 18.2 Å². The van der Waals surface area contributed by atoms with E-state index >= 15 is 0 Å². The highest BCUT2D eigenvalue weighted by molar-refractivity contribution is 9.10. The summed E-state index contributed by atoms with van der Waals surface area (Å²) in [6, 6.07) is 13.2. The van der Waals surface area contributed by atoms with Crippen LogP contribution in [0.3, 0.4) is 0 Å². The zero-order chi connectivity index (χ0) is 18.2. The minimum atomic E-state index is -3.57. The van der Waals surface area contributed by atoms with Crippen molar-refractivity contribution in [2.45, 2.75) is 4.90 Å². The van der Waals surface area contributed by atoms with Gasteiger partial charge >= 0.3 is 0 Å². The number of rotatable bonds is 4. The van der Waals surface area contributed by atoms with Crippen molar-refractivity contribution in [2.24, 2.45) is 0 Å². The van der Waals surface area contributed by atoms with Crippen molar-refractivity contribution >= 4 is 48.5 Å². The van der Waals surface area contributed by atoms with E-state index in [0.29, 0.717) is 11.3 Å². The molecule has 0 aliphatic heterocycles. The number of anilines is 1. The van der Waals surface area contributed by atoms with Crippen LogP contribution in [0, 0.1) is 0 Å². The maximum absolute atomic E-state index is 12.4. The third-order valence-corrected chi connectivity index (χ3v) is 6.03. The van der Waals surface area contributed by atoms with Crippen LogP contribution in [-0.4, -0.2) is 32.7 Å². The van der Waals surface area contributed by atoms with Crippen molar-refractivity contribution < 1.29 is 17.6 Å². The minimum Gasteiger partial charge on any atom is -0.450 e.